The molecule has 21 heavy (non-hydrogen) atoms. The van der Waals surface area contributed by atoms with Crippen molar-refractivity contribution < 1.29 is 9.59 Å². The molecule has 3 rings (SSSR count). The quantitative estimate of drug-likeness (QED) is 0.906. The van der Waals surface area contributed by atoms with Gasteiger partial charge in [-0.25, -0.2) is 0 Å². The minimum Gasteiger partial charge on any atom is -0.357 e. The molecular weight excluding hydrogens is 264 g/mol. The van der Waals surface area contributed by atoms with Crippen LogP contribution in [0.5, 0.6) is 0 Å². The summed E-state index contributed by atoms with van der Waals surface area (Å²) in [6.07, 6.45) is 6.00. The Hall–Kier alpha value is -1.84. The lowest BCUT2D eigenvalue weighted by molar-refractivity contribution is -0.128. The zero-order valence-corrected chi connectivity index (χ0v) is 12.5. The number of amides is 2. The van der Waals surface area contributed by atoms with Gasteiger partial charge in [0.1, 0.15) is 6.04 Å². The minimum atomic E-state index is -0.387. The van der Waals surface area contributed by atoms with Crippen molar-refractivity contribution in [3.8, 4) is 0 Å². The number of hydrogen-bond donors (Lipinski definition) is 1. The second kappa shape index (κ2) is 5.88. The van der Waals surface area contributed by atoms with Crippen LogP contribution in [0.25, 0.3) is 0 Å². The molecule has 2 aliphatic rings. The average Bonchev–Trinajstić information content (AvgIpc) is 2.93. The number of para-hydroxylation sites is 1. The molecule has 1 N–H and O–H groups in total. The molecule has 1 aliphatic heterocycles. The predicted molar refractivity (Wildman–Crippen MR) is 82.1 cm³/mol. The molecule has 1 saturated carbocycles. The van der Waals surface area contributed by atoms with Gasteiger partial charge in [0.15, 0.2) is 0 Å². The van der Waals surface area contributed by atoms with E-state index in [2.05, 4.69) is 5.32 Å². The molecule has 0 bridgehead atoms. The van der Waals surface area contributed by atoms with Gasteiger partial charge in [-0.05, 0) is 24.5 Å². The van der Waals surface area contributed by atoms with Crippen LogP contribution in [0.4, 0.5) is 5.69 Å². The Balaban J connectivity index is 1.91. The summed E-state index contributed by atoms with van der Waals surface area (Å²) < 4.78 is 0. The molecule has 0 saturated heterocycles. The number of nitrogens with zero attached hydrogens (tertiary/aromatic N) is 1. The smallest absolute Gasteiger partial charge is 0.243 e. The normalized spacial score (nSPS) is 22.0. The molecule has 2 amide bonds. The van der Waals surface area contributed by atoms with Gasteiger partial charge in [0.2, 0.25) is 11.8 Å². The molecule has 1 aromatic rings. The maximum absolute atomic E-state index is 12.9. The van der Waals surface area contributed by atoms with E-state index in [-0.39, 0.29) is 23.8 Å². The molecule has 1 fully saturated rings. The lowest BCUT2D eigenvalue weighted by Gasteiger charge is -2.30. The highest BCUT2D eigenvalue weighted by Crippen LogP contribution is 2.35. The number of rotatable bonds is 2. The van der Waals surface area contributed by atoms with Crippen LogP contribution in [0.1, 0.15) is 37.7 Å². The van der Waals surface area contributed by atoms with Crippen molar-refractivity contribution in [2.75, 3.05) is 11.9 Å². The van der Waals surface area contributed by atoms with Crippen LogP contribution in [-0.4, -0.2) is 24.9 Å². The van der Waals surface area contributed by atoms with Gasteiger partial charge in [0, 0.05) is 25.1 Å². The summed E-state index contributed by atoms with van der Waals surface area (Å²) in [5, 5.41) is 2.70. The van der Waals surface area contributed by atoms with Crippen LogP contribution in [0, 0.1) is 5.92 Å². The topological polar surface area (TPSA) is 49.4 Å². The summed E-state index contributed by atoms with van der Waals surface area (Å²) >= 11 is 0. The maximum atomic E-state index is 12.9. The third kappa shape index (κ3) is 2.55. The van der Waals surface area contributed by atoms with Crippen molar-refractivity contribution in [3.05, 3.63) is 29.8 Å². The van der Waals surface area contributed by atoms with Gasteiger partial charge < -0.3 is 5.32 Å². The van der Waals surface area contributed by atoms with Crippen LogP contribution in [0.3, 0.4) is 0 Å². The fourth-order valence-electron chi connectivity index (χ4n) is 3.58. The van der Waals surface area contributed by atoms with E-state index in [0.29, 0.717) is 6.42 Å². The largest absolute Gasteiger partial charge is 0.357 e. The van der Waals surface area contributed by atoms with Crippen molar-refractivity contribution in [2.24, 2.45) is 5.92 Å². The fraction of sp³-hybridized carbons (Fsp3) is 0.529. The summed E-state index contributed by atoms with van der Waals surface area (Å²) in [5.74, 6) is 0.140. The molecule has 1 aromatic carbocycles. The second-order valence-electron chi connectivity index (χ2n) is 6.01. The Morgan fingerprint density at radius 1 is 1.14 bits per heavy atom. The van der Waals surface area contributed by atoms with Gasteiger partial charge in [-0.3, -0.25) is 14.5 Å². The van der Waals surface area contributed by atoms with Gasteiger partial charge in [0.25, 0.3) is 0 Å². The Morgan fingerprint density at radius 2 is 1.86 bits per heavy atom. The number of fused-ring (bicyclic) bond motifs is 1. The third-order valence-electron chi connectivity index (χ3n) is 4.72. The Bertz CT molecular complexity index is 549. The number of carbonyl (C=O) groups is 2. The second-order valence-corrected chi connectivity index (χ2v) is 6.01. The lowest BCUT2D eigenvalue weighted by Crippen LogP contribution is -2.49. The standard InChI is InChI=1S/C17H22N2O2/c1-18-16(20)15-11-13-9-5-6-10-14(13)19(15)17(21)12-7-3-2-4-8-12/h5-6,9-10,12,15H,2-4,7-8,11H2,1H3,(H,18,20)/t15-/m0/s1. The van der Waals surface area contributed by atoms with E-state index in [1.807, 2.05) is 24.3 Å². The van der Waals surface area contributed by atoms with Crippen LogP contribution in [-0.2, 0) is 16.0 Å². The molecule has 0 unspecified atom stereocenters. The fourth-order valence-corrected chi connectivity index (χ4v) is 3.58. The molecule has 1 heterocycles. The summed E-state index contributed by atoms with van der Waals surface area (Å²) in [6.45, 7) is 0. The monoisotopic (exact) mass is 286 g/mol. The van der Waals surface area contributed by atoms with Crippen LogP contribution < -0.4 is 10.2 Å². The molecule has 4 nitrogen and oxygen atoms in total. The first-order valence-electron chi connectivity index (χ1n) is 7.85. The summed E-state index contributed by atoms with van der Waals surface area (Å²) in [4.78, 5) is 26.9. The van der Waals surface area contributed by atoms with E-state index >= 15 is 0 Å². The van der Waals surface area contributed by atoms with E-state index in [9.17, 15) is 9.59 Å². The number of carbonyl (C=O) groups excluding carboxylic acids is 2. The van der Waals surface area contributed by atoms with Crippen molar-refractivity contribution >= 4 is 17.5 Å². The number of likely N-dealkylation sites (N-methyl/N-ethyl adjacent to an activating group) is 1. The van der Waals surface area contributed by atoms with Gasteiger partial charge in [-0.1, -0.05) is 37.5 Å². The Morgan fingerprint density at radius 3 is 2.57 bits per heavy atom. The molecule has 112 valence electrons. The maximum Gasteiger partial charge on any atom is 0.243 e. The minimum absolute atomic E-state index is 0.0737. The summed E-state index contributed by atoms with van der Waals surface area (Å²) in [7, 11) is 1.63. The molecule has 0 aromatic heterocycles. The number of nitrogens with one attached hydrogen (secondary N) is 1. The summed E-state index contributed by atoms with van der Waals surface area (Å²) in [5.41, 5.74) is 2.01. The number of anilines is 1. The molecule has 1 atom stereocenters. The molecule has 4 heteroatoms. The lowest BCUT2D eigenvalue weighted by atomic mass is 9.88. The average molecular weight is 286 g/mol. The Kier molecular flexibility index (Phi) is 3.95. The first-order chi connectivity index (χ1) is 10.2. The van der Waals surface area contributed by atoms with Crippen molar-refractivity contribution in [1.29, 1.82) is 0 Å². The molecule has 0 radical (unpaired) electrons. The van der Waals surface area contributed by atoms with E-state index in [4.69, 9.17) is 0 Å². The SMILES string of the molecule is CNC(=O)[C@@H]1Cc2ccccc2N1C(=O)C1CCCCC1. The Labute approximate surface area is 125 Å². The third-order valence-corrected chi connectivity index (χ3v) is 4.72. The first kappa shape index (κ1) is 14.1. The zero-order valence-electron chi connectivity index (χ0n) is 12.5. The van der Waals surface area contributed by atoms with Crippen molar-refractivity contribution in [3.63, 3.8) is 0 Å². The van der Waals surface area contributed by atoms with Crippen LogP contribution in [0.2, 0.25) is 0 Å². The van der Waals surface area contributed by atoms with Crippen molar-refractivity contribution in [1.82, 2.24) is 5.32 Å². The van der Waals surface area contributed by atoms with E-state index in [1.54, 1.807) is 11.9 Å². The highest BCUT2D eigenvalue weighted by atomic mass is 16.2. The highest BCUT2D eigenvalue weighted by Gasteiger charge is 2.40. The van der Waals surface area contributed by atoms with E-state index < -0.39 is 0 Å². The number of benzene rings is 1. The molecule has 0 spiro atoms. The first-order valence-corrected chi connectivity index (χ1v) is 7.85. The van der Waals surface area contributed by atoms with E-state index in [0.717, 1.165) is 36.9 Å². The van der Waals surface area contributed by atoms with Crippen LogP contribution in [0.15, 0.2) is 24.3 Å². The van der Waals surface area contributed by atoms with Gasteiger partial charge in [0.05, 0.1) is 0 Å². The highest BCUT2D eigenvalue weighted by molar-refractivity contribution is 6.04. The van der Waals surface area contributed by atoms with Crippen LogP contribution >= 0.6 is 0 Å². The molecular formula is C17H22N2O2. The van der Waals surface area contributed by atoms with Gasteiger partial charge in [-0.15, -0.1) is 0 Å². The van der Waals surface area contributed by atoms with Gasteiger partial charge >= 0.3 is 0 Å². The summed E-state index contributed by atoms with van der Waals surface area (Å²) in [6, 6.07) is 7.49. The predicted octanol–water partition coefficient (Wildman–Crippen LogP) is 2.27. The van der Waals surface area contributed by atoms with Gasteiger partial charge in [-0.2, -0.15) is 0 Å². The zero-order chi connectivity index (χ0) is 14.8. The van der Waals surface area contributed by atoms with E-state index in [1.165, 1.54) is 6.42 Å². The van der Waals surface area contributed by atoms with Crippen molar-refractivity contribution in [2.45, 2.75) is 44.6 Å². The molecule has 1 aliphatic carbocycles. The number of hydrogen-bond acceptors (Lipinski definition) is 2.